The Morgan fingerprint density at radius 2 is 1.92 bits per heavy atom. The van der Waals surface area contributed by atoms with Crippen LogP contribution in [0.1, 0.15) is 25.7 Å². The molecule has 2 fully saturated rings. The third-order valence-corrected chi connectivity index (χ3v) is 2.97. The van der Waals surface area contributed by atoms with Gasteiger partial charge in [-0.2, -0.15) is 0 Å². The first-order chi connectivity index (χ1) is 6.22. The normalized spacial score (nSPS) is 32.4. The van der Waals surface area contributed by atoms with Gasteiger partial charge in [0.05, 0.1) is 0 Å². The lowest BCUT2D eigenvalue weighted by Crippen LogP contribution is -2.47. The first-order valence-corrected chi connectivity index (χ1v) is 4.66. The van der Waals surface area contributed by atoms with Gasteiger partial charge in [-0.05, 0) is 12.8 Å². The van der Waals surface area contributed by atoms with E-state index in [-0.39, 0.29) is 23.8 Å². The maximum absolute atomic E-state index is 11.3. The number of fused-ring (bicyclic) bond motifs is 2. The SMILES string of the molecule is O=C1C[C@H]2CC[C@@H](C1)N2C(=O)CO. The Bertz CT molecular complexity index is 235. The second kappa shape index (κ2) is 3.10. The highest BCUT2D eigenvalue weighted by Crippen LogP contribution is 2.33. The maximum atomic E-state index is 11.3. The highest BCUT2D eigenvalue weighted by Gasteiger charge is 2.42. The van der Waals surface area contributed by atoms with E-state index in [0.717, 1.165) is 12.8 Å². The van der Waals surface area contributed by atoms with Gasteiger partial charge in [0, 0.05) is 24.9 Å². The molecule has 72 valence electrons. The zero-order valence-electron chi connectivity index (χ0n) is 7.40. The third kappa shape index (κ3) is 1.35. The van der Waals surface area contributed by atoms with Crippen molar-refractivity contribution in [2.24, 2.45) is 0 Å². The first-order valence-electron chi connectivity index (χ1n) is 4.66. The van der Waals surface area contributed by atoms with Crippen LogP contribution in [0, 0.1) is 0 Å². The number of nitrogens with zero attached hydrogens (tertiary/aromatic N) is 1. The van der Waals surface area contributed by atoms with Crippen molar-refractivity contribution in [2.45, 2.75) is 37.8 Å². The Balaban J connectivity index is 2.14. The molecule has 4 nitrogen and oxygen atoms in total. The molecule has 2 heterocycles. The molecule has 0 saturated carbocycles. The average molecular weight is 183 g/mol. The minimum absolute atomic E-state index is 0.0749. The van der Waals surface area contributed by atoms with E-state index in [0.29, 0.717) is 12.8 Å². The fourth-order valence-corrected chi connectivity index (χ4v) is 2.46. The zero-order chi connectivity index (χ0) is 9.42. The predicted octanol–water partition coefficient (Wildman–Crippen LogP) is -0.299. The van der Waals surface area contributed by atoms with Crippen LogP contribution in [0.2, 0.25) is 0 Å². The Kier molecular flexibility index (Phi) is 2.07. The van der Waals surface area contributed by atoms with Crippen LogP contribution in [0.25, 0.3) is 0 Å². The van der Waals surface area contributed by atoms with Crippen LogP contribution in [0.4, 0.5) is 0 Å². The standard InChI is InChI=1S/C9H13NO3/c11-5-9(13)10-6-1-2-7(10)4-8(12)3-6/h6-7,11H,1-5H2/t6-,7+. The van der Waals surface area contributed by atoms with E-state index in [2.05, 4.69) is 0 Å². The topological polar surface area (TPSA) is 57.6 Å². The molecule has 4 heteroatoms. The number of amides is 1. The molecule has 2 aliphatic heterocycles. The van der Waals surface area contributed by atoms with Crippen LogP contribution >= 0.6 is 0 Å². The Labute approximate surface area is 76.5 Å². The van der Waals surface area contributed by atoms with Crippen LogP contribution < -0.4 is 0 Å². The van der Waals surface area contributed by atoms with Gasteiger partial charge in [-0.15, -0.1) is 0 Å². The molecule has 0 aromatic heterocycles. The molecule has 2 rings (SSSR count). The zero-order valence-corrected chi connectivity index (χ0v) is 7.40. The van der Waals surface area contributed by atoms with Crippen molar-refractivity contribution in [2.75, 3.05) is 6.61 Å². The first kappa shape index (κ1) is 8.69. The summed E-state index contributed by atoms with van der Waals surface area (Å²) in [7, 11) is 0. The summed E-state index contributed by atoms with van der Waals surface area (Å²) in [5, 5.41) is 8.74. The van der Waals surface area contributed by atoms with Crippen LogP contribution in [0.5, 0.6) is 0 Å². The lowest BCUT2D eigenvalue weighted by Gasteiger charge is -2.33. The number of Topliss-reactive ketones (excluding diaryl/α,β-unsaturated/α-hetero) is 1. The Morgan fingerprint density at radius 1 is 1.38 bits per heavy atom. The van der Waals surface area contributed by atoms with E-state index in [4.69, 9.17) is 5.11 Å². The number of hydrogen-bond donors (Lipinski definition) is 1. The summed E-state index contributed by atoms with van der Waals surface area (Å²) in [6.07, 6.45) is 2.81. The molecule has 13 heavy (non-hydrogen) atoms. The number of carbonyl (C=O) groups is 2. The number of ketones is 1. The maximum Gasteiger partial charge on any atom is 0.248 e. The van der Waals surface area contributed by atoms with Gasteiger partial charge in [-0.25, -0.2) is 0 Å². The summed E-state index contributed by atoms with van der Waals surface area (Å²) in [5.74, 6) is 0.0366. The van der Waals surface area contributed by atoms with Gasteiger partial charge in [-0.1, -0.05) is 0 Å². The molecular formula is C9H13NO3. The van der Waals surface area contributed by atoms with Crippen LogP contribution in [0.3, 0.4) is 0 Å². The van der Waals surface area contributed by atoms with E-state index in [1.807, 2.05) is 0 Å². The van der Waals surface area contributed by atoms with Crippen molar-refractivity contribution < 1.29 is 14.7 Å². The van der Waals surface area contributed by atoms with Gasteiger partial charge in [0.1, 0.15) is 12.4 Å². The predicted molar refractivity (Wildman–Crippen MR) is 45.0 cm³/mol. The molecule has 0 unspecified atom stereocenters. The smallest absolute Gasteiger partial charge is 0.248 e. The summed E-state index contributed by atoms with van der Waals surface area (Å²) in [6.45, 7) is -0.429. The van der Waals surface area contributed by atoms with E-state index >= 15 is 0 Å². The molecule has 0 radical (unpaired) electrons. The summed E-state index contributed by atoms with van der Waals surface area (Å²) < 4.78 is 0. The second-order valence-electron chi connectivity index (χ2n) is 3.79. The monoisotopic (exact) mass is 183 g/mol. The molecule has 2 saturated heterocycles. The molecular weight excluding hydrogens is 170 g/mol. The van der Waals surface area contributed by atoms with E-state index < -0.39 is 6.61 Å². The van der Waals surface area contributed by atoms with Crippen molar-refractivity contribution in [1.29, 1.82) is 0 Å². The van der Waals surface area contributed by atoms with Crippen molar-refractivity contribution in [3.05, 3.63) is 0 Å². The highest BCUT2D eigenvalue weighted by atomic mass is 16.3. The van der Waals surface area contributed by atoms with Crippen molar-refractivity contribution >= 4 is 11.7 Å². The highest BCUT2D eigenvalue weighted by molar-refractivity contribution is 5.85. The summed E-state index contributed by atoms with van der Waals surface area (Å²) in [6, 6.07) is 0.150. The van der Waals surface area contributed by atoms with Crippen LogP contribution in [0.15, 0.2) is 0 Å². The second-order valence-corrected chi connectivity index (χ2v) is 3.79. The minimum atomic E-state index is -0.429. The molecule has 0 aliphatic carbocycles. The van der Waals surface area contributed by atoms with E-state index in [9.17, 15) is 9.59 Å². The van der Waals surface area contributed by atoms with Crippen molar-refractivity contribution in [1.82, 2.24) is 4.90 Å². The average Bonchev–Trinajstić information content (AvgIpc) is 2.37. The Morgan fingerprint density at radius 3 is 2.38 bits per heavy atom. The van der Waals surface area contributed by atoms with Crippen LogP contribution in [-0.4, -0.2) is 40.4 Å². The molecule has 0 spiro atoms. The van der Waals surface area contributed by atoms with Gasteiger partial charge in [-0.3, -0.25) is 9.59 Å². The van der Waals surface area contributed by atoms with Gasteiger partial charge < -0.3 is 10.0 Å². The summed E-state index contributed by atoms with van der Waals surface area (Å²) in [4.78, 5) is 24.2. The van der Waals surface area contributed by atoms with Gasteiger partial charge >= 0.3 is 0 Å². The van der Waals surface area contributed by atoms with E-state index in [1.165, 1.54) is 0 Å². The lowest BCUT2D eigenvalue weighted by molar-refractivity contribution is -0.141. The van der Waals surface area contributed by atoms with Crippen molar-refractivity contribution in [3.63, 3.8) is 0 Å². The number of aliphatic hydroxyl groups is 1. The number of carbonyl (C=O) groups excluding carboxylic acids is 2. The molecule has 1 amide bonds. The number of aliphatic hydroxyl groups excluding tert-OH is 1. The summed E-state index contributed by atoms with van der Waals surface area (Å²) >= 11 is 0. The van der Waals surface area contributed by atoms with Crippen LogP contribution in [-0.2, 0) is 9.59 Å². The quantitative estimate of drug-likeness (QED) is 0.607. The largest absolute Gasteiger partial charge is 0.387 e. The fourth-order valence-electron chi connectivity index (χ4n) is 2.46. The van der Waals surface area contributed by atoms with Crippen molar-refractivity contribution in [3.8, 4) is 0 Å². The summed E-state index contributed by atoms with van der Waals surface area (Å²) in [5.41, 5.74) is 0. The Hall–Kier alpha value is -0.900. The number of hydrogen-bond acceptors (Lipinski definition) is 3. The molecule has 2 bridgehead atoms. The van der Waals surface area contributed by atoms with E-state index in [1.54, 1.807) is 4.90 Å². The van der Waals surface area contributed by atoms with Gasteiger partial charge in [0.2, 0.25) is 5.91 Å². The molecule has 1 N–H and O–H groups in total. The minimum Gasteiger partial charge on any atom is -0.387 e. The van der Waals surface area contributed by atoms with Gasteiger partial charge in [0.15, 0.2) is 0 Å². The number of rotatable bonds is 1. The molecule has 2 atom stereocenters. The molecule has 0 aromatic carbocycles. The molecule has 0 aromatic rings. The third-order valence-electron chi connectivity index (χ3n) is 2.97. The molecule has 2 aliphatic rings. The van der Waals surface area contributed by atoms with Gasteiger partial charge in [0.25, 0.3) is 0 Å². The lowest BCUT2D eigenvalue weighted by atomic mass is 10.0. The number of piperidine rings is 1. The fraction of sp³-hybridized carbons (Fsp3) is 0.778.